The first-order valence-corrected chi connectivity index (χ1v) is 9.71. The summed E-state index contributed by atoms with van der Waals surface area (Å²) in [6, 6.07) is 9.88. The Bertz CT molecular complexity index is 928. The molecule has 0 saturated heterocycles. The van der Waals surface area contributed by atoms with Gasteiger partial charge in [-0.15, -0.1) is 0 Å². The van der Waals surface area contributed by atoms with E-state index in [4.69, 9.17) is 18.9 Å². The third-order valence-electron chi connectivity index (χ3n) is 5.72. The standard InChI is InChI=1S/C22H26N2O5/c1-24-9-8-15-11-19-21(29-13-28-19)22(27-3)20(15)17(24)12-16(23-25)10-14-6-4-5-7-18(14)26-2/h4-7,10-11,17,23,25H,8-9,12-13H2,1-3H3/p+1/b16-10-/t17-/m0/s1. The average Bonchev–Trinajstić information content (AvgIpc) is 3.22. The van der Waals surface area contributed by atoms with E-state index in [1.807, 2.05) is 30.3 Å². The molecule has 3 N–H and O–H groups in total. The molecule has 2 aliphatic heterocycles. The van der Waals surface area contributed by atoms with Crippen LogP contribution in [-0.4, -0.2) is 39.8 Å². The molecule has 154 valence electrons. The van der Waals surface area contributed by atoms with Gasteiger partial charge in [0, 0.05) is 24.1 Å². The maximum atomic E-state index is 9.85. The van der Waals surface area contributed by atoms with Crippen LogP contribution in [0.4, 0.5) is 0 Å². The molecule has 0 aromatic heterocycles. The number of ether oxygens (including phenoxy) is 4. The molecule has 0 bridgehead atoms. The summed E-state index contributed by atoms with van der Waals surface area (Å²) in [7, 11) is 5.46. The van der Waals surface area contributed by atoms with Gasteiger partial charge in [0.2, 0.25) is 12.5 Å². The third-order valence-corrected chi connectivity index (χ3v) is 5.72. The number of quaternary nitrogens is 1. The Hall–Kier alpha value is -2.90. The first-order valence-electron chi connectivity index (χ1n) is 9.71. The number of rotatable bonds is 6. The number of hydrogen-bond donors (Lipinski definition) is 3. The lowest BCUT2D eigenvalue weighted by Crippen LogP contribution is -3.10. The zero-order valence-corrected chi connectivity index (χ0v) is 17.0. The molecule has 2 atom stereocenters. The monoisotopic (exact) mass is 399 g/mol. The first-order chi connectivity index (χ1) is 14.2. The minimum Gasteiger partial charge on any atom is -0.496 e. The highest BCUT2D eigenvalue weighted by Crippen LogP contribution is 2.48. The molecule has 7 nitrogen and oxygen atoms in total. The zero-order chi connectivity index (χ0) is 20.4. The van der Waals surface area contributed by atoms with Crippen molar-refractivity contribution >= 4 is 6.08 Å². The Kier molecular flexibility index (Phi) is 5.51. The van der Waals surface area contributed by atoms with Crippen molar-refractivity contribution in [2.75, 3.05) is 34.6 Å². The summed E-state index contributed by atoms with van der Waals surface area (Å²) in [5.74, 6) is 2.89. The summed E-state index contributed by atoms with van der Waals surface area (Å²) < 4.78 is 22.5. The predicted molar refractivity (Wildman–Crippen MR) is 108 cm³/mol. The highest BCUT2D eigenvalue weighted by atomic mass is 16.7. The summed E-state index contributed by atoms with van der Waals surface area (Å²) >= 11 is 0. The van der Waals surface area contributed by atoms with Crippen molar-refractivity contribution in [3.05, 3.63) is 52.7 Å². The lowest BCUT2D eigenvalue weighted by atomic mass is 9.88. The summed E-state index contributed by atoms with van der Waals surface area (Å²) in [6.07, 6.45) is 3.45. The SMILES string of the molecule is COc1ccccc1/C=C(/C[C@H]1c2c(cc3c(c2OC)OCO3)CC[NH+]1C)NO. The fourth-order valence-electron chi connectivity index (χ4n) is 4.23. The number of hydrogen-bond acceptors (Lipinski definition) is 6. The fourth-order valence-corrected chi connectivity index (χ4v) is 4.23. The van der Waals surface area contributed by atoms with E-state index in [9.17, 15) is 5.21 Å². The lowest BCUT2D eigenvalue weighted by molar-refractivity contribution is -0.914. The van der Waals surface area contributed by atoms with Crippen LogP contribution in [0, 0.1) is 0 Å². The van der Waals surface area contributed by atoms with E-state index in [0.29, 0.717) is 17.9 Å². The molecule has 0 aliphatic carbocycles. The Morgan fingerprint density at radius 3 is 2.86 bits per heavy atom. The largest absolute Gasteiger partial charge is 0.496 e. The van der Waals surface area contributed by atoms with Gasteiger partial charge in [-0.25, -0.2) is 0 Å². The second-order valence-electron chi connectivity index (χ2n) is 7.34. The molecular formula is C22H27N2O5+. The molecule has 0 spiro atoms. The topological polar surface area (TPSA) is 73.6 Å². The van der Waals surface area contributed by atoms with Gasteiger partial charge < -0.3 is 23.8 Å². The second-order valence-corrected chi connectivity index (χ2v) is 7.34. The minimum atomic E-state index is 0.0869. The van der Waals surface area contributed by atoms with Gasteiger partial charge in [-0.2, -0.15) is 0 Å². The molecule has 0 amide bonds. The number of methoxy groups -OCH3 is 2. The van der Waals surface area contributed by atoms with Crippen LogP contribution in [0.15, 0.2) is 36.0 Å². The van der Waals surface area contributed by atoms with Gasteiger partial charge in [0.25, 0.3) is 0 Å². The van der Waals surface area contributed by atoms with Gasteiger partial charge in [-0.3, -0.25) is 10.7 Å². The maximum absolute atomic E-state index is 9.85. The van der Waals surface area contributed by atoms with E-state index in [0.717, 1.165) is 41.3 Å². The van der Waals surface area contributed by atoms with E-state index in [2.05, 4.69) is 18.6 Å². The van der Waals surface area contributed by atoms with Gasteiger partial charge >= 0.3 is 0 Å². The van der Waals surface area contributed by atoms with Crippen LogP contribution in [0.2, 0.25) is 0 Å². The van der Waals surface area contributed by atoms with Gasteiger partial charge in [-0.1, -0.05) is 18.2 Å². The van der Waals surface area contributed by atoms with Gasteiger partial charge in [0.1, 0.15) is 11.8 Å². The lowest BCUT2D eigenvalue weighted by Gasteiger charge is -2.33. The van der Waals surface area contributed by atoms with E-state index in [1.54, 1.807) is 14.2 Å². The molecule has 2 aromatic carbocycles. The van der Waals surface area contributed by atoms with Crippen LogP contribution in [-0.2, 0) is 6.42 Å². The van der Waals surface area contributed by atoms with Crippen molar-refractivity contribution in [3.8, 4) is 23.0 Å². The molecule has 2 aromatic rings. The normalized spacial score (nSPS) is 20.2. The van der Waals surface area contributed by atoms with Crippen molar-refractivity contribution < 1.29 is 29.1 Å². The molecule has 0 saturated carbocycles. The fraction of sp³-hybridized carbons (Fsp3) is 0.364. The third kappa shape index (κ3) is 3.59. The maximum Gasteiger partial charge on any atom is 0.231 e. The van der Waals surface area contributed by atoms with Crippen molar-refractivity contribution in [1.29, 1.82) is 0 Å². The molecule has 0 fully saturated rings. The Balaban J connectivity index is 1.73. The van der Waals surface area contributed by atoms with Crippen molar-refractivity contribution in [1.82, 2.24) is 5.48 Å². The predicted octanol–water partition coefficient (Wildman–Crippen LogP) is 1.95. The number of nitrogens with one attached hydrogen (secondary N) is 2. The van der Waals surface area contributed by atoms with E-state index < -0.39 is 0 Å². The van der Waals surface area contributed by atoms with Gasteiger partial charge in [0.05, 0.1) is 33.4 Å². The van der Waals surface area contributed by atoms with Gasteiger partial charge in [-0.05, 0) is 23.8 Å². The van der Waals surface area contributed by atoms with Crippen LogP contribution in [0.3, 0.4) is 0 Å². The smallest absolute Gasteiger partial charge is 0.231 e. The average molecular weight is 399 g/mol. The number of benzene rings is 2. The van der Waals surface area contributed by atoms with Crippen LogP contribution < -0.4 is 29.3 Å². The summed E-state index contributed by atoms with van der Waals surface area (Å²) in [5, 5.41) is 9.85. The minimum absolute atomic E-state index is 0.0869. The number of hydroxylamine groups is 1. The van der Waals surface area contributed by atoms with Crippen molar-refractivity contribution in [3.63, 3.8) is 0 Å². The zero-order valence-electron chi connectivity index (χ0n) is 17.0. The molecule has 2 heterocycles. The number of para-hydroxylation sites is 1. The Labute approximate surface area is 170 Å². The van der Waals surface area contributed by atoms with Crippen LogP contribution in [0.25, 0.3) is 6.08 Å². The first kappa shape index (κ1) is 19.4. The molecule has 1 unspecified atom stereocenters. The number of likely N-dealkylation sites (N-methyl/N-ethyl adjacent to an activating group) is 1. The molecule has 4 rings (SSSR count). The molecule has 0 radical (unpaired) electrons. The quantitative estimate of drug-likeness (QED) is 0.645. The van der Waals surface area contributed by atoms with E-state index >= 15 is 0 Å². The van der Waals surface area contributed by atoms with Crippen molar-refractivity contribution in [2.45, 2.75) is 18.9 Å². The Morgan fingerprint density at radius 1 is 1.28 bits per heavy atom. The van der Waals surface area contributed by atoms with Crippen molar-refractivity contribution in [2.24, 2.45) is 0 Å². The molecule has 2 aliphatic rings. The van der Waals surface area contributed by atoms with Crippen LogP contribution in [0.1, 0.15) is 29.2 Å². The Morgan fingerprint density at radius 2 is 2.10 bits per heavy atom. The summed E-state index contributed by atoms with van der Waals surface area (Å²) in [4.78, 5) is 1.34. The van der Waals surface area contributed by atoms with Crippen LogP contribution >= 0.6 is 0 Å². The van der Waals surface area contributed by atoms with Crippen LogP contribution in [0.5, 0.6) is 23.0 Å². The molecular weight excluding hydrogens is 372 g/mol. The van der Waals surface area contributed by atoms with Gasteiger partial charge in [0.15, 0.2) is 11.5 Å². The summed E-state index contributed by atoms with van der Waals surface area (Å²) in [6.45, 7) is 1.19. The molecule has 7 heteroatoms. The van der Waals surface area contributed by atoms with E-state index in [1.165, 1.54) is 10.5 Å². The van der Waals surface area contributed by atoms with E-state index in [-0.39, 0.29) is 12.8 Å². The molecule has 29 heavy (non-hydrogen) atoms. The summed E-state index contributed by atoms with van der Waals surface area (Å²) in [5.41, 5.74) is 6.30. The second kappa shape index (κ2) is 8.23. The highest BCUT2D eigenvalue weighted by Gasteiger charge is 2.36. The highest BCUT2D eigenvalue weighted by molar-refractivity contribution is 5.62. The number of fused-ring (bicyclic) bond motifs is 2.